The van der Waals surface area contributed by atoms with Crippen molar-refractivity contribution in [2.24, 2.45) is 4.99 Å². The molecule has 0 aromatic heterocycles. The van der Waals surface area contributed by atoms with E-state index in [1.165, 1.54) is 12.6 Å². The van der Waals surface area contributed by atoms with Crippen LogP contribution in [0, 0.1) is 0 Å². The number of hydrogen-bond acceptors (Lipinski definition) is 4. The second-order valence-corrected chi connectivity index (χ2v) is 5.61. The quantitative estimate of drug-likeness (QED) is 0.734. The second kappa shape index (κ2) is 8.87. The van der Waals surface area contributed by atoms with E-state index in [9.17, 15) is 4.79 Å². The van der Waals surface area contributed by atoms with Crippen molar-refractivity contribution in [3.05, 3.63) is 54.1 Å². The van der Waals surface area contributed by atoms with Crippen LogP contribution in [-0.2, 0) is 4.79 Å². The van der Waals surface area contributed by atoms with E-state index in [0.29, 0.717) is 5.75 Å². The van der Waals surface area contributed by atoms with E-state index in [2.05, 4.69) is 35.9 Å². The Labute approximate surface area is 148 Å². The number of ether oxygens (including phenoxy) is 1. The van der Waals surface area contributed by atoms with E-state index >= 15 is 0 Å². The van der Waals surface area contributed by atoms with E-state index in [-0.39, 0.29) is 0 Å². The van der Waals surface area contributed by atoms with Crippen molar-refractivity contribution in [2.75, 3.05) is 18.0 Å². The molecule has 0 bridgehead atoms. The molecule has 2 aromatic rings. The Bertz CT molecular complexity index is 705. The summed E-state index contributed by atoms with van der Waals surface area (Å²) in [6.45, 7) is 7.74. The Morgan fingerprint density at radius 2 is 1.72 bits per heavy atom. The summed E-state index contributed by atoms with van der Waals surface area (Å²) in [5, 5.41) is 8.84. The van der Waals surface area contributed by atoms with Crippen LogP contribution in [0.2, 0.25) is 0 Å². The maximum Gasteiger partial charge on any atom is 0.344 e. The average molecular weight is 340 g/mol. The molecule has 2 rings (SSSR count). The van der Waals surface area contributed by atoms with E-state index in [4.69, 9.17) is 9.84 Å². The number of nitrogens with zero attached hydrogens (tertiary/aromatic N) is 2. The summed E-state index contributed by atoms with van der Waals surface area (Å²) < 4.78 is 5.30. The topological polar surface area (TPSA) is 62.1 Å². The number of aliphatic imine (C=N–C) groups is 1. The zero-order valence-corrected chi connectivity index (χ0v) is 14.8. The standard InChI is InChI=1S/C20H24N2O3/c1-4-22(5-2)18-10-8-17(9-11-18)21-14-16-6-12-19(13-7-16)25-15(3)20(23)24/h6-15H,4-5H2,1-3H3,(H,23,24)/t15-/m0/s1. The van der Waals surface area contributed by atoms with Gasteiger partial charge >= 0.3 is 5.97 Å². The van der Waals surface area contributed by atoms with Crippen LogP contribution < -0.4 is 9.64 Å². The maximum atomic E-state index is 10.8. The third-order valence-corrected chi connectivity index (χ3v) is 3.88. The number of benzene rings is 2. The summed E-state index contributed by atoms with van der Waals surface area (Å²) in [4.78, 5) is 17.5. The number of carboxylic acid groups (broad SMARTS) is 1. The lowest BCUT2D eigenvalue weighted by Gasteiger charge is -2.20. The van der Waals surface area contributed by atoms with Crippen molar-refractivity contribution in [1.29, 1.82) is 0 Å². The average Bonchev–Trinajstić information content (AvgIpc) is 2.63. The van der Waals surface area contributed by atoms with Crippen molar-refractivity contribution >= 4 is 23.6 Å². The molecule has 0 spiro atoms. The third kappa shape index (κ3) is 5.35. The van der Waals surface area contributed by atoms with Crippen LogP contribution >= 0.6 is 0 Å². The lowest BCUT2D eigenvalue weighted by atomic mass is 10.2. The van der Waals surface area contributed by atoms with Gasteiger partial charge in [-0.15, -0.1) is 0 Å². The summed E-state index contributed by atoms with van der Waals surface area (Å²) in [5.74, 6) is -0.463. The molecule has 25 heavy (non-hydrogen) atoms. The van der Waals surface area contributed by atoms with Crippen molar-refractivity contribution in [3.8, 4) is 5.75 Å². The van der Waals surface area contributed by atoms with E-state index in [1.54, 1.807) is 18.3 Å². The van der Waals surface area contributed by atoms with Crippen LogP contribution in [0.15, 0.2) is 53.5 Å². The first-order valence-corrected chi connectivity index (χ1v) is 8.42. The van der Waals surface area contributed by atoms with Crippen LogP contribution in [-0.4, -0.2) is 36.5 Å². The molecular formula is C20H24N2O3. The van der Waals surface area contributed by atoms with Crippen molar-refractivity contribution in [2.45, 2.75) is 26.9 Å². The van der Waals surface area contributed by atoms with Gasteiger partial charge in [0.1, 0.15) is 5.75 Å². The summed E-state index contributed by atoms with van der Waals surface area (Å²) >= 11 is 0. The minimum Gasteiger partial charge on any atom is -0.479 e. The molecule has 0 saturated heterocycles. The molecule has 0 unspecified atom stereocenters. The van der Waals surface area contributed by atoms with Crippen LogP contribution in [0.5, 0.6) is 5.75 Å². The Kier molecular flexibility index (Phi) is 6.57. The van der Waals surface area contributed by atoms with Gasteiger partial charge in [0, 0.05) is 25.0 Å². The first-order chi connectivity index (χ1) is 12.0. The summed E-state index contributed by atoms with van der Waals surface area (Å²) in [6.07, 6.45) is 0.903. The molecule has 0 amide bonds. The van der Waals surface area contributed by atoms with Gasteiger partial charge < -0.3 is 14.7 Å². The minimum atomic E-state index is -0.987. The first-order valence-electron chi connectivity index (χ1n) is 8.42. The molecule has 1 N–H and O–H groups in total. The largest absolute Gasteiger partial charge is 0.479 e. The molecule has 0 saturated carbocycles. The van der Waals surface area contributed by atoms with Crippen molar-refractivity contribution < 1.29 is 14.6 Å². The first kappa shape index (κ1) is 18.5. The highest BCUT2D eigenvalue weighted by Gasteiger charge is 2.11. The fourth-order valence-corrected chi connectivity index (χ4v) is 2.37. The summed E-state index contributed by atoms with van der Waals surface area (Å²) in [5.41, 5.74) is 3.00. The monoisotopic (exact) mass is 340 g/mol. The number of carbonyl (C=O) groups is 1. The zero-order chi connectivity index (χ0) is 18.2. The summed E-state index contributed by atoms with van der Waals surface area (Å²) in [6, 6.07) is 15.3. The molecule has 132 valence electrons. The number of hydrogen-bond donors (Lipinski definition) is 1. The van der Waals surface area contributed by atoms with Gasteiger partial charge in [0.2, 0.25) is 0 Å². The Balaban J connectivity index is 2.00. The van der Waals surface area contributed by atoms with Gasteiger partial charge in [-0.25, -0.2) is 4.79 Å². The zero-order valence-electron chi connectivity index (χ0n) is 14.8. The molecule has 5 heteroatoms. The number of rotatable bonds is 8. The smallest absolute Gasteiger partial charge is 0.344 e. The SMILES string of the molecule is CCN(CC)c1ccc(N=Cc2ccc(O[C@@H](C)C(=O)O)cc2)cc1. The minimum absolute atomic E-state index is 0.524. The third-order valence-electron chi connectivity index (χ3n) is 3.88. The predicted molar refractivity (Wildman–Crippen MR) is 101 cm³/mol. The Morgan fingerprint density at radius 1 is 1.12 bits per heavy atom. The lowest BCUT2D eigenvalue weighted by molar-refractivity contribution is -0.144. The van der Waals surface area contributed by atoms with Gasteiger partial charge in [-0.1, -0.05) is 0 Å². The molecule has 0 fully saturated rings. The maximum absolute atomic E-state index is 10.8. The molecule has 1 atom stereocenters. The molecule has 0 aliphatic heterocycles. The van der Waals surface area contributed by atoms with Gasteiger partial charge in [0.05, 0.1) is 5.69 Å². The number of anilines is 1. The number of aliphatic carboxylic acids is 1. The normalized spacial score (nSPS) is 12.1. The highest BCUT2D eigenvalue weighted by molar-refractivity contribution is 5.82. The van der Waals surface area contributed by atoms with E-state index in [0.717, 1.165) is 24.3 Å². The van der Waals surface area contributed by atoms with Crippen LogP contribution in [0.4, 0.5) is 11.4 Å². The Hall–Kier alpha value is -2.82. The van der Waals surface area contributed by atoms with Crippen LogP contribution in [0.3, 0.4) is 0 Å². The van der Waals surface area contributed by atoms with Gasteiger partial charge in [-0.3, -0.25) is 4.99 Å². The fourth-order valence-electron chi connectivity index (χ4n) is 2.37. The van der Waals surface area contributed by atoms with E-state index < -0.39 is 12.1 Å². The molecular weight excluding hydrogens is 316 g/mol. The van der Waals surface area contributed by atoms with Crippen LogP contribution in [0.25, 0.3) is 0 Å². The van der Waals surface area contributed by atoms with Crippen LogP contribution in [0.1, 0.15) is 26.3 Å². The Morgan fingerprint density at radius 3 is 2.24 bits per heavy atom. The molecule has 0 aliphatic carbocycles. The molecule has 0 heterocycles. The van der Waals surface area contributed by atoms with Gasteiger partial charge in [-0.2, -0.15) is 0 Å². The second-order valence-electron chi connectivity index (χ2n) is 5.61. The molecule has 5 nitrogen and oxygen atoms in total. The van der Waals surface area contributed by atoms with Crippen molar-refractivity contribution in [1.82, 2.24) is 0 Å². The predicted octanol–water partition coefficient (Wildman–Crippen LogP) is 4.14. The van der Waals surface area contributed by atoms with Crippen molar-refractivity contribution in [3.63, 3.8) is 0 Å². The van der Waals surface area contributed by atoms with E-state index in [1.807, 2.05) is 24.3 Å². The van der Waals surface area contributed by atoms with Gasteiger partial charge in [0.15, 0.2) is 6.10 Å². The molecule has 2 aromatic carbocycles. The summed E-state index contributed by atoms with van der Waals surface area (Å²) in [7, 11) is 0. The molecule has 0 radical (unpaired) electrons. The highest BCUT2D eigenvalue weighted by atomic mass is 16.5. The number of carboxylic acids is 1. The highest BCUT2D eigenvalue weighted by Crippen LogP contribution is 2.20. The fraction of sp³-hybridized carbons (Fsp3) is 0.300. The lowest BCUT2D eigenvalue weighted by Crippen LogP contribution is -2.22. The van der Waals surface area contributed by atoms with Gasteiger partial charge in [-0.05, 0) is 74.9 Å². The molecule has 0 aliphatic rings. The van der Waals surface area contributed by atoms with Gasteiger partial charge in [0.25, 0.3) is 0 Å².